The maximum atomic E-state index is 11.4. The number of nitrogens with zero attached hydrogens (tertiary/aromatic N) is 1. The lowest BCUT2D eigenvalue weighted by Gasteiger charge is -2.20. The molecule has 0 radical (unpaired) electrons. The van der Waals surface area contributed by atoms with E-state index in [1.54, 1.807) is 13.2 Å². The van der Waals surface area contributed by atoms with Crippen LogP contribution >= 0.6 is 11.8 Å². The van der Waals surface area contributed by atoms with E-state index in [0.29, 0.717) is 0 Å². The van der Waals surface area contributed by atoms with Crippen LogP contribution < -0.4 is 4.74 Å². The van der Waals surface area contributed by atoms with Gasteiger partial charge < -0.3 is 4.74 Å². The van der Waals surface area contributed by atoms with Gasteiger partial charge in [-0.2, -0.15) is 0 Å². The largest absolute Gasteiger partial charge is 0.497 e. The molecule has 0 N–H and O–H groups in total. The summed E-state index contributed by atoms with van der Waals surface area (Å²) in [5, 5.41) is 11.1. The van der Waals surface area contributed by atoms with Crippen molar-refractivity contribution in [1.29, 1.82) is 0 Å². The first-order valence-electron chi connectivity index (χ1n) is 7.52. The molecule has 1 heterocycles. The number of aryl methyl sites for hydroxylation is 1. The lowest BCUT2D eigenvalue weighted by Crippen LogP contribution is -2.10. The van der Waals surface area contributed by atoms with Crippen LogP contribution in [0.15, 0.2) is 66.4 Å². The van der Waals surface area contributed by atoms with E-state index >= 15 is 0 Å². The fraction of sp³-hybridized carbons (Fsp3) is 0.158. The maximum Gasteiger partial charge on any atom is 0.263 e. The number of allylic oxidation sites excluding steroid dienone is 2. The number of methoxy groups -OCH3 is 1. The van der Waals surface area contributed by atoms with Crippen molar-refractivity contribution in [3.63, 3.8) is 0 Å². The topological polar surface area (TPSA) is 52.4 Å². The first kappa shape index (κ1) is 16.3. The number of nitro groups is 1. The van der Waals surface area contributed by atoms with Crippen molar-refractivity contribution in [3.05, 3.63) is 93.2 Å². The molecule has 0 amide bonds. The van der Waals surface area contributed by atoms with Gasteiger partial charge in [-0.3, -0.25) is 10.1 Å². The van der Waals surface area contributed by atoms with Gasteiger partial charge in [0.1, 0.15) is 11.0 Å². The normalized spacial score (nSPS) is 17.0. The van der Waals surface area contributed by atoms with Crippen LogP contribution in [0.5, 0.6) is 5.75 Å². The Morgan fingerprint density at radius 2 is 1.71 bits per heavy atom. The minimum Gasteiger partial charge on any atom is -0.497 e. The van der Waals surface area contributed by atoms with Crippen molar-refractivity contribution in [3.8, 4) is 5.75 Å². The monoisotopic (exact) mass is 339 g/mol. The standard InChI is InChI=1S/C19H17NO3S/c1-13-3-5-14(6-4-13)18-12-11-17(20(21)22)19(24-18)15-7-9-16(23-2)10-8-15/h3-12,19H,1-2H3. The van der Waals surface area contributed by atoms with Gasteiger partial charge in [0.2, 0.25) is 0 Å². The molecule has 0 aromatic heterocycles. The van der Waals surface area contributed by atoms with Crippen molar-refractivity contribution in [2.45, 2.75) is 12.2 Å². The smallest absolute Gasteiger partial charge is 0.263 e. The molecule has 1 unspecified atom stereocenters. The molecule has 3 rings (SSSR count). The molecule has 1 atom stereocenters. The Morgan fingerprint density at radius 3 is 2.29 bits per heavy atom. The zero-order valence-corrected chi connectivity index (χ0v) is 14.2. The average molecular weight is 339 g/mol. The van der Waals surface area contributed by atoms with Crippen LogP contribution in [0.1, 0.15) is 21.9 Å². The number of ether oxygens (including phenoxy) is 1. The van der Waals surface area contributed by atoms with Gasteiger partial charge in [0.05, 0.1) is 12.0 Å². The Labute approximate surface area is 145 Å². The van der Waals surface area contributed by atoms with Crippen molar-refractivity contribution < 1.29 is 9.66 Å². The Morgan fingerprint density at radius 1 is 1.04 bits per heavy atom. The molecular weight excluding hydrogens is 322 g/mol. The molecule has 0 bridgehead atoms. The first-order chi connectivity index (χ1) is 11.6. The van der Waals surface area contributed by atoms with E-state index in [4.69, 9.17) is 4.74 Å². The summed E-state index contributed by atoms with van der Waals surface area (Å²) in [5.41, 5.74) is 3.35. The van der Waals surface area contributed by atoms with Crippen molar-refractivity contribution in [2.24, 2.45) is 0 Å². The number of rotatable bonds is 4. The molecule has 0 fully saturated rings. The van der Waals surface area contributed by atoms with Gasteiger partial charge in [-0.15, -0.1) is 11.8 Å². The third kappa shape index (κ3) is 3.36. The second kappa shape index (κ2) is 6.93. The Bertz CT molecular complexity index is 808. The summed E-state index contributed by atoms with van der Waals surface area (Å²) < 4.78 is 5.17. The maximum absolute atomic E-state index is 11.4. The predicted octanol–water partition coefficient (Wildman–Crippen LogP) is 4.99. The highest BCUT2D eigenvalue weighted by Gasteiger charge is 2.31. The molecule has 2 aromatic rings. The third-order valence-corrected chi connectivity index (χ3v) is 5.26. The molecule has 0 spiro atoms. The summed E-state index contributed by atoms with van der Waals surface area (Å²) in [6.45, 7) is 2.04. The highest BCUT2D eigenvalue weighted by atomic mass is 32.2. The number of benzene rings is 2. The van der Waals surface area contributed by atoms with E-state index in [9.17, 15) is 10.1 Å². The number of hydrogen-bond acceptors (Lipinski definition) is 4. The zero-order valence-electron chi connectivity index (χ0n) is 13.4. The lowest BCUT2D eigenvalue weighted by molar-refractivity contribution is -0.427. The van der Waals surface area contributed by atoms with Crippen LogP contribution in [0.4, 0.5) is 0 Å². The van der Waals surface area contributed by atoms with Crippen LogP contribution in [0, 0.1) is 17.0 Å². The SMILES string of the molecule is COc1ccc(C2SC(c3ccc(C)cc3)=CC=C2[N+](=O)[O-])cc1. The minimum atomic E-state index is -0.341. The van der Waals surface area contributed by atoms with Crippen LogP contribution in [-0.2, 0) is 0 Å². The summed E-state index contributed by atoms with van der Waals surface area (Å²) in [4.78, 5) is 12.1. The zero-order chi connectivity index (χ0) is 17.1. The third-order valence-electron chi connectivity index (χ3n) is 3.88. The second-order valence-electron chi connectivity index (χ2n) is 5.52. The van der Waals surface area contributed by atoms with Gasteiger partial charge in [-0.1, -0.05) is 42.0 Å². The quantitative estimate of drug-likeness (QED) is 0.581. The molecule has 2 aromatic carbocycles. The molecule has 4 nitrogen and oxygen atoms in total. The number of thioether (sulfide) groups is 1. The highest BCUT2D eigenvalue weighted by Crippen LogP contribution is 2.47. The van der Waals surface area contributed by atoms with Crippen LogP contribution in [0.3, 0.4) is 0 Å². The number of hydrogen-bond donors (Lipinski definition) is 0. The molecular formula is C19H17NO3S. The Kier molecular flexibility index (Phi) is 4.71. The van der Waals surface area contributed by atoms with E-state index in [1.807, 2.05) is 61.5 Å². The molecule has 1 aliphatic rings. The summed E-state index contributed by atoms with van der Waals surface area (Å²) in [6.07, 6.45) is 3.44. The lowest BCUT2D eigenvalue weighted by atomic mass is 10.1. The molecule has 0 aliphatic carbocycles. The molecule has 0 saturated heterocycles. The van der Waals surface area contributed by atoms with E-state index in [-0.39, 0.29) is 15.9 Å². The minimum absolute atomic E-state index is 0.195. The van der Waals surface area contributed by atoms with Crippen molar-refractivity contribution in [2.75, 3.05) is 7.11 Å². The highest BCUT2D eigenvalue weighted by molar-refractivity contribution is 8.08. The van der Waals surface area contributed by atoms with E-state index < -0.39 is 0 Å². The molecule has 1 aliphatic heterocycles. The van der Waals surface area contributed by atoms with Crippen LogP contribution in [0.25, 0.3) is 4.91 Å². The van der Waals surface area contributed by atoms with Crippen molar-refractivity contribution >= 4 is 16.7 Å². The fourth-order valence-corrected chi connectivity index (χ4v) is 3.78. The Balaban J connectivity index is 1.96. The van der Waals surface area contributed by atoms with Crippen LogP contribution in [0.2, 0.25) is 0 Å². The second-order valence-corrected chi connectivity index (χ2v) is 6.66. The summed E-state index contributed by atoms with van der Waals surface area (Å²) in [7, 11) is 1.60. The summed E-state index contributed by atoms with van der Waals surface area (Å²) in [5.74, 6) is 0.737. The summed E-state index contributed by atoms with van der Waals surface area (Å²) in [6, 6.07) is 15.6. The van der Waals surface area contributed by atoms with Gasteiger partial charge in [-0.05, 0) is 36.3 Å². The molecule has 5 heteroatoms. The van der Waals surface area contributed by atoms with Gasteiger partial charge >= 0.3 is 0 Å². The van der Waals surface area contributed by atoms with Crippen molar-refractivity contribution in [1.82, 2.24) is 0 Å². The van der Waals surface area contributed by atoms with Gasteiger partial charge in [0.25, 0.3) is 5.70 Å². The van der Waals surface area contributed by atoms with E-state index in [2.05, 4.69) is 0 Å². The summed E-state index contributed by atoms with van der Waals surface area (Å²) >= 11 is 1.50. The van der Waals surface area contributed by atoms with E-state index in [1.165, 1.54) is 17.3 Å². The molecule has 0 saturated carbocycles. The van der Waals surface area contributed by atoms with Gasteiger partial charge in [0.15, 0.2) is 0 Å². The first-order valence-corrected chi connectivity index (χ1v) is 8.40. The Hall–Kier alpha value is -2.53. The van der Waals surface area contributed by atoms with Gasteiger partial charge in [0, 0.05) is 11.0 Å². The average Bonchev–Trinajstić information content (AvgIpc) is 2.62. The van der Waals surface area contributed by atoms with Crippen LogP contribution in [-0.4, -0.2) is 12.0 Å². The molecule has 122 valence electrons. The predicted molar refractivity (Wildman–Crippen MR) is 97.6 cm³/mol. The van der Waals surface area contributed by atoms with E-state index in [0.717, 1.165) is 21.8 Å². The molecule has 24 heavy (non-hydrogen) atoms. The van der Waals surface area contributed by atoms with Gasteiger partial charge in [-0.25, -0.2) is 0 Å². The fourth-order valence-electron chi connectivity index (χ4n) is 2.53.